The van der Waals surface area contributed by atoms with E-state index >= 15 is 0 Å². The first-order valence-corrected chi connectivity index (χ1v) is 5.85. The van der Waals surface area contributed by atoms with Crippen molar-refractivity contribution in [2.24, 2.45) is 0 Å². The zero-order chi connectivity index (χ0) is 12.7. The van der Waals surface area contributed by atoms with Crippen molar-refractivity contribution in [3.63, 3.8) is 0 Å². The minimum atomic E-state index is -0.401. The number of β-amino-alcohol motifs (C(OH)–C–C–N with tert-alkyl or cyclic N) is 1. The molecule has 0 radical (unpaired) electrons. The molecule has 0 aromatic carbocycles. The second-order valence-electron chi connectivity index (χ2n) is 4.31. The van der Waals surface area contributed by atoms with Gasteiger partial charge in [-0.1, -0.05) is 6.92 Å². The van der Waals surface area contributed by atoms with Crippen LogP contribution in [0, 0.1) is 0 Å². The summed E-state index contributed by atoms with van der Waals surface area (Å²) >= 11 is 0. The molecule has 1 saturated heterocycles. The maximum Gasteiger partial charge on any atom is 0.257 e. The lowest BCUT2D eigenvalue weighted by molar-refractivity contribution is 0.00574. The van der Waals surface area contributed by atoms with Crippen LogP contribution in [0.15, 0.2) is 12.5 Å². The fraction of sp³-hybridized carbons (Fsp3) is 0.455. The van der Waals surface area contributed by atoms with Gasteiger partial charge in [-0.05, 0) is 6.42 Å². The van der Waals surface area contributed by atoms with Crippen LogP contribution in [-0.4, -0.2) is 54.7 Å². The molecule has 7 nitrogen and oxygen atoms in total. The molecule has 0 atom stereocenters. The molecule has 0 saturated carbocycles. The topological polar surface area (TPSA) is 83.6 Å². The van der Waals surface area contributed by atoms with E-state index in [1.165, 1.54) is 12.5 Å². The van der Waals surface area contributed by atoms with Gasteiger partial charge in [0.25, 0.3) is 11.7 Å². The molecule has 1 amide bonds. The Kier molecular flexibility index (Phi) is 2.48. The minimum Gasteiger partial charge on any atom is -0.389 e. The molecule has 94 valence electrons. The van der Waals surface area contributed by atoms with Crippen molar-refractivity contribution in [3.8, 4) is 0 Å². The van der Waals surface area contributed by atoms with Crippen LogP contribution in [0.1, 0.15) is 23.0 Å². The smallest absolute Gasteiger partial charge is 0.257 e. The van der Waals surface area contributed by atoms with Gasteiger partial charge in [-0.3, -0.25) is 4.79 Å². The lowest BCUT2D eigenvalue weighted by Crippen LogP contribution is -2.53. The summed E-state index contributed by atoms with van der Waals surface area (Å²) in [4.78, 5) is 21.9. The number of rotatable bonds is 2. The maximum absolute atomic E-state index is 12.2. The van der Waals surface area contributed by atoms with Crippen LogP contribution in [0.25, 0.3) is 5.78 Å². The number of hydrogen-bond acceptors (Lipinski definition) is 5. The summed E-state index contributed by atoms with van der Waals surface area (Å²) in [5, 5.41) is 13.3. The van der Waals surface area contributed by atoms with E-state index < -0.39 is 6.10 Å². The summed E-state index contributed by atoms with van der Waals surface area (Å²) in [6.45, 7) is 2.73. The molecule has 3 rings (SSSR count). The summed E-state index contributed by atoms with van der Waals surface area (Å²) in [5.41, 5.74) is 1.33. The molecule has 0 bridgehead atoms. The SMILES string of the molecule is CCc1c(C(=O)N2CC(O)C2)cnc2ncnn12. The lowest BCUT2D eigenvalue weighted by Gasteiger charge is -2.36. The fourth-order valence-corrected chi connectivity index (χ4v) is 2.14. The third kappa shape index (κ3) is 1.55. The molecule has 1 fully saturated rings. The number of aliphatic hydroxyl groups excluding tert-OH is 1. The third-order valence-electron chi connectivity index (χ3n) is 3.12. The van der Waals surface area contributed by atoms with E-state index in [1.54, 1.807) is 9.42 Å². The van der Waals surface area contributed by atoms with Crippen molar-refractivity contribution in [1.82, 2.24) is 24.5 Å². The van der Waals surface area contributed by atoms with Gasteiger partial charge in [0.15, 0.2) is 0 Å². The van der Waals surface area contributed by atoms with Gasteiger partial charge < -0.3 is 10.0 Å². The number of carbonyl (C=O) groups excluding carboxylic acids is 1. The number of fused-ring (bicyclic) bond motifs is 1. The Morgan fingerprint density at radius 1 is 1.50 bits per heavy atom. The Morgan fingerprint density at radius 2 is 2.28 bits per heavy atom. The number of nitrogens with zero attached hydrogens (tertiary/aromatic N) is 5. The van der Waals surface area contributed by atoms with Crippen molar-refractivity contribution < 1.29 is 9.90 Å². The quantitative estimate of drug-likeness (QED) is 0.773. The summed E-state index contributed by atoms with van der Waals surface area (Å²) in [6, 6.07) is 0. The van der Waals surface area contributed by atoms with E-state index in [0.29, 0.717) is 30.9 Å². The minimum absolute atomic E-state index is 0.109. The Labute approximate surface area is 103 Å². The van der Waals surface area contributed by atoms with Crippen LogP contribution in [-0.2, 0) is 6.42 Å². The highest BCUT2D eigenvalue weighted by Crippen LogP contribution is 2.16. The summed E-state index contributed by atoms with van der Waals surface area (Å²) < 4.78 is 1.59. The van der Waals surface area contributed by atoms with Gasteiger partial charge in [-0.2, -0.15) is 10.1 Å². The molecule has 0 aliphatic carbocycles. The van der Waals surface area contributed by atoms with Gasteiger partial charge >= 0.3 is 0 Å². The van der Waals surface area contributed by atoms with Crippen molar-refractivity contribution >= 4 is 11.7 Å². The molecule has 1 aliphatic rings. The van der Waals surface area contributed by atoms with Gasteiger partial charge in [-0.15, -0.1) is 0 Å². The Balaban J connectivity index is 2.02. The monoisotopic (exact) mass is 247 g/mol. The largest absolute Gasteiger partial charge is 0.389 e. The standard InChI is InChI=1S/C11H13N5O2/c1-2-9-8(10(18)15-4-7(17)5-15)3-12-11-13-6-14-16(9)11/h3,6-7,17H,2,4-5H2,1H3. The first-order valence-electron chi connectivity index (χ1n) is 5.85. The number of aryl methyl sites for hydroxylation is 1. The molecular formula is C11H13N5O2. The molecule has 0 spiro atoms. The average Bonchev–Trinajstić information content (AvgIpc) is 2.81. The molecule has 7 heteroatoms. The van der Waals surface area contributed by atoms with E-state index in [9.17, 15) is 9.90 Å². The van der Waals surface area contributed by atoms with Gasteiger partial charge in [0, 0.05) is 19.3 Å². The van der Waals surface area contributed by atoms with Gasteiger partial charge in [-0.25, -0.2) is 9.50 Å². The number of carbonyl (C=O) groups is 1. The van der Waals surface area contributed by atoms with E-state index in [4.69, 9.17) is 0 Å². The first kappa shape index (κ1) is 11.1. The highest BCUT2D eigenvalue weighted by Gasteiger charge is 2.31. The average molecular weight is 247 g/mol. The number of likely N-dealkylation sites (tertiary alicyclic amines) is 1. The number of amides is 1. The van der Waals surface area contributed by atoms with Crippen molar-refractivity contribution in [2.75, 3.05) is 13.1 Å². The molecular weight excluding hydrogens is 234 g/mol. The van der Waals surface area contributed by atoms with Crippen molar-refractivity contribution in [2.45, 2.75) is 19.4 Å². The second kappa shape index (κ2) is 4.02. The second-order valence-corrected chi connectivity index (χ2v) is 4.31. The van der Waals surface area contributed by atoms with Crippen LogP contribution >= 0.6 is 0 Å². The van der Waals surface area contributed by atoms with Crippen molar-refractivity contribution in [1.29, 1.82) is 0 Å². The Bertz CT molecular complexity index is 602. The van der Waals surface area contributed by atoms with Crippen LogP contribution in [0.2, 0.25) is 0 Å². The maximum atomic E-state index is 12.2. The summed E-state index contributed by atoms with van der Waals surface area (Å²) in [6.07, 6.45) is 3.22. The predicted octanol–water partition coefficient (Wildman–Crippen LogP) is -0.497. The zero-order valence-electron chi connectivity index (χ0n) is 9.94. The third-order valence-corrected chi connectivity index (χ3v) is 3.12. The summed E-state index contributed by atoms with van der Waals surface area (Å²) in [7, 11) is 0. The molecule has 2 aromatic rings. The van der Waals surface area contributed by atoms with E-state index in [-0.39, 0.29) is 5.91 Å². The number of hydrogen-bond donors (Lipinski definition) is 1. The molecule has 0 unspecified atom stereocenters. The first-order chi connectivity index (χ1) is 8.70. The molecule has 18 heavy (non-hydrogen) atoms. The van der Waals surface area contributed by atoms with Gasteiger partial charge in [0.1, 0.15) is 6.33 Å². The molecule has 1 N–H and O–H groups in total. The van der Waals surface area contributed by atoms with Crippen LogP contribution in [0.4, 0.5) is 0 Å². The fourth-order valence-electron chi connectivity index (χ4n) is 2.14. The van der Waals surface area contributed by atoms with Gasteiger partial charge in [0.2, 0.25) is 0 Å². The predicted molar refractivity (Wildman–Crippen MR) is 62.1 cm³/mol. The normalized spacial score (nSPS) is 16.0. The Morgan fingerprint density at radius 3 is 2.94 bits per heavy atom. The number of aliphatic hydroxyl groups is 1. The highest BCUT2D eigenvalue weighted by atomic mass is 16.3. The van der Waals surface area contributed by atoms with Gasteiger partial charge in [0.05, 0.1) is 17.4 Å². The molecule has 1 aliphatic heterocycles. The Hall–Kier alpha value is -2.02. The summed E-state index contributed by atoms with van der Waals surface area (Å²) in [5.74, 6) is 0.383. The van der Waals surface area contributed by atoms with Crippen LogP contribution in [0.3, 0.4) is 0 Å². The molecule has 2 aromatic heterocycles. The van der Waals surface area contributed by atoms with Crippen LogP contribution < -0.4 is 0 Å². The highest BCUT2D eigenvalue weighted by molar-refractivity contribution is 5.95. The number of aromatic nitrogens is 4. The van der Waals surface area contributed by atoms with E-state index in [1.807, 2.05) is 6.92 Å². The van der Waals surface area contributed by atoms with Crippen LogP contribution in [0.5, 0.6) is 0 Å². The molecule has 3 heterocycles. The lowest BCUT2D eigenvalue weighted by atomic mass is 10.1. The van der Waals surface area contributed by atoms with E-state index in [2.05, 4.69) is 15.1 Å². The zero-order valence-corrected chi connectivity index (χ0v) is 9.94. The van der Waals surface area contributed by atoms with Crippen molar-refractivity contribution in [3.05, 3.63) is 23.8 Å². The van der Waals surface area contributed by atoms with E-state index in [0.717, 1.165) is 5.69 Å².